The van der Waals surface area contributed by atoms with Gasteiger partial charge in [0.2, 0.25) is 0 Å². The molecule has 0 saturated heterocycles. The molecule has 0 aliphatic carbocycles. The van der Waals surface area contributed by atoms with Gasteiger partial charge in [-0.25, -0.2) is 9.79 Å². The smallest absolute Gasteiger partial charge is 0.328 e. The van der Waals surface area contributed by atoms with Gasteiger partial charge in [0.1, 0.15) is 6.29 Å². The molecule has 9 nitrogen and oxygen atoms in total. The molecule has 1 aromatic heterocycles. The van der Waals surface area contributed by atoms with Crippen LogP contribution in [-0.4, -0.2) is 46.9 Å². The maximum absolute atomic E-state index is 11.6. The second-order valence-electron chi connectivity index (χ2n) is 10.1. The number of rotatable bonds is 20. The van der Waals surface area contributed by atoms with Crippen LogP contribution >= 0.6 is 0 Å². The van der Waals surface area contributed by atoms with Crippen LogP contribution in [0.25, 0.3) is 11.4 Å². The first-order chi connectivity index (χ1) is 19.3. The summed E-state index contributed by atoms with van der Waals surface area (Å²) in [6.07, 6.45) is 16.1. The Labute approximate surface area is 238 Å². The van der Waals surface area contributed by atoms with Gasteiger partial charge in [-0.1, -0.05) is 86.8 Å². The van der Waals surface area contributed by atoms with E-state index >= 15 is 0 Å². The molecule has 8 N–H and O–H groups in total. The van der Waals surface area contributed by atoms with Crippen molar-refractivity contribution in [3.63, 3.8) is 0 Å². The van der Waals surface area contributed by atoms with E-state index in [1.165, 1.54) is 0 Å². The van der Waals surface area contributed by atoms with Crippen LogP contribution in [0.4, 0.5) is 5.82 Å². The number of carboxylic acid groups (broad SMARTS) is 1. The van der Waals surface area contributed by atoms with Crippen molar-refractivity contribution in [1.82, 2.24) is 4.98 Å². The molecule has 2 rings (SSSR count). The third kappa shape index (κ3) is 13.3. The first-order valence-corrected chi connectivity index (χ1v) is 14.1. The number of carbonyl (C=O) groups is 2. The van der Waals surface area contributed by atoms with Gasteiger partial charge in [-0.15, -0.1) is 0 Å². The molecule has 0 unspecified atom stereocenters. The number of nitrogens with one attached hydrogen (secondary N) is 1. The van der Waals surface area contributed by atoms with Crippen molar-refractivity contribution in [3.05, 3.63) is 76.8 Å². The zero-order valence-corrected chi connectivity index (χ0v) is 23.5. The van der Waals surface area contributed by atoms with Crippen LogP contribution in [0.1, 0.15) is 69.4 Å². The first-order valence-electron chi connectivity index (χ1n) is 14.1. The molecule has 1 heterocycles. The molecule has 40 heavy (non-hydrogen) atoms. The van der Waals surface area contributed by atoms with Gasteiger partial charge in [0.25, 0.3) is 0 Å². The summed E-state index contributed by atoms with van der Waals surface area (Å²) < 4.78 is 0. The lowest BCUT2D eigenvalue weighted by molar-refractivity contribution is -0.131. The number of nitrogens with two attached hydrogens (primary N) is 3. The monoisotopic (exact) mass is 549 g/mol. The highest BCUT2D eigenvalue weighted by Gasteiger charge is 2.16. The van der Waals surface area contributed by atoms with Crippen LogP contribution in [0.5, 0.6) is 0 Å². The Balaban J connectivity index is 2.23. The number of allylic oxidation sites excluding steroid dienone is 1. The van der Waals surface area contributed by atoms with Crippen molar-refractivity contribution in [3.8, 4) is 0 Å². The van der Waals surface area contributed by atoms with E-state index in [1.807, 2.05) is 36.4 Å². The maximum atomic E-state index is 11.6. The highest BCUT2D eigenvalue weighted by atomic mass is 16.4. The summed E-state index contributed by atoms with van der Waals surface area (Å²) in [5.74, 6) is -0.289. The highest BCUT2D eigenvalue weighted by Crippen LogP contribution is 2.30. The summed E-state index contributed by atoms with van der Waals surface area (Å²) in [6.45, 7) is 2.23. The molecule has 1 aromatic carbocycles. The van der Waals surface area contributed by atoms with E-state index in [0.29, 0.717) is 24.2 Å². The zero-order valence-electron chi connectivity index (χ0n) is 23.5. The Bertz CT molecular complexity index is 1110. The van der Waals surface area contributed by atoms with Crippen molar-refractivity contribution < 1.29 is 14.7 Å². The van der Waals surface area contributed by atoms with Gasteiger partial charge in [0.05, 0.1) is 6.54 Å². The Morgan fingerprint density at radius 3 is 2.58 bits per heavy atom. The number of H-pyrrole nitrogens is 1. The number of nitrogens with zero attached hydrogens (tertiary/aromatic N) is 2. The van der Waals surface area contributed by atoms with Crippen molar-refractivity contribution in [1.29, 1.82) is 0 Å². The third-order valence-corrected chi connectivity index (χ3v) is 6.78. The number of hydrogen-bond donors (Lipinski definition) is 5. The average Bonchev–Trinajstić information content (AvgIpc) is 3.43. The summed E-state index contributed by atoms with van der Waals surface area (Å²) in [6, 6.07) is 11.4. The van der Waals surface area contributed by atoms with Crippen LogP contribution in [-0.2, 0) is 16.0 Å². The summed E-state index contributed by atoms with van der Waals surface area (Å²) in [5, 5.41) is 14.3. The number of carbonyl (C=O) groups excluding carboxylic acids is 1. The normalized spacial score (nSPS) is 14.0. The van der Waals surface area contributed by atoms with Crippen molar-refractivity contribution in [2.75, 3.05) is 6.54 Å². The first kappa shape index (κ1) is 32.4. The molecule has 0 aliphatic heterocycles. The molecule has 2 aromatic rings. The standard InChI is InChI=1S/C31H45N6O3/c1-2-3-10-27(32)11-5-7-23(13-14-24-8-4-9-25(20-24)17-19-38)15-16-28(37-29-12-6-18-35-29)26(21-30(39)40)22-36-31(33)34/h4,6,8-9,12-14,18-21,23,27-28,35H,2-3,5,7,10-11,15-17,22,32H2,1H3,(H,39,40)(H4,33,34,36)/q-1/b14-13+,26-21+/t23-,27+,28-/m1/s1. The summed E-state index contributed by atoms with van der Waals surface area (Å²) in [5.41, 5.74) is 20.0. The third-order valence-electron chi connectivity index (χ3n) is 6.78. The van der Waals surface area contributed by atoms with Gasteiger partial charge in [-0.05, 0) is 60.8 Å². The highest BCUT2D eigenvalue weighted by molar-refractivity contribution is 5.81. The zero-order chi connectivity index (χ0) is 29.2. The largest absolute Gasteiger partial charge is 0.478 e. The Kier molecular flexibility index (Phi) is 14.9. The van der Waals surface area contributed by atoms with Crippen molar-refractivity contribution in [2.24, 2.45) is 28.1 Å². The van der Waals surface area contributed by atoms with Crippen LogP contribution in [0.2, 0.25) is 0 Å². The topological polar surface area (TPSA) is 175 Å². The van der Waals surface area contributed by atoms with Crippen LogP contribution in [0.15, 0.2) is 65.3 Å². The van der Waals surface area contributed by atoms with Gasteiger partial charge in [0, 0.05) is 18.5 Å². The molecule has 0 spiro atoms. The van der Waals surface area contributed by atoms with Crippen molar-refractivity contribution >= 4 is 30.1 Å². The average molecular weight is 550 g/mol. The number of aromatic amines is 1. The SMILES string of the molecule is CCCC[C@H](N)CCC[C@H](/C=C/c1cccc(CC=O)c1)CC[C@@H]([N-]c1ccc[nH]1)/C(=C/C(=O)O)CN=C(N)N. The van der Waals surface area contributed by atoms with E-state index in [0.717, 1.165) is 68.4 Å². The minimum absolute atomic E-state index is 0.0554. The number of carboxylic acids is 1. The Morgan fingerprint density at radius 2 is 1.90 bits per heavy atom. The van der Waals surface area contributed by atoms with Gasteiger partial charge in [-0.2, -0.15) is 0 Å². The molecular formula is C31H45N6O3-. The number of aldehydes is 1. The van der Waals surface area contributed by atoms with E-state index in [4.69, 9.17) is 22.5 Å². The molecule has 0 fully saturated rings. The number of hydrogen-bond acceptors (Lipinski definition) is 4. The minimum Gasteiger partial charge on any atom is -0.478 e. The minimum atomic E-state index is -1.07. The fourth-order valence-corrected chi connectivity index (χ4v) is 4.62. The second kappa shape index (κ2) is 18.4. The molecule has 0 bridgehead atoms. The van der Waals surface area contributed by atoms with E-state index in [2.05, 4.69) is 29.1 Å². The maximum Gasteiger partial charge on any atom is 0.328 e. The number of aliphatic imine (C=N–C) groups is 1. The Morgan fingerprint density at radius 1 is 1.10 bits per heavy atom. The number of benzene rings is 1. The summed E-state index contributed by atoms with van der Waals surface area (Å²) >= 11 is 0. The fourth-order valence-electron chi connectivity index (χ4n) is 4.62. The molecule has 3 atom stereocenters. The predicted octanol–water partition coefficient (Wildman–Crippen LogP) is 5.21. The lowest BCUT2D eigenvalue weighted by Crippen LogP contribution is -2.24. The Hall–Kier alpha value is -3.85. The predicted molar refractivity (Wildman–Crippen MR) is 163 cm³/mol. The molecule has 0 saturated carbocycles. The number of guanidine groups is 1. The van der Waals surface area contributed by atoms with Crippen molar-refractivity contribution in [2.45, 2.75) is 76.8 Å². The summed E-state index contributed by atoms with van der Waals surface area (Å²) in [4.78, 5) is 29.7. The van der Waals surface area contributed by atoms with E-state index in [9.17, 15) is 14.7 Å². The van der Waals surface area contributed by atoms with Gasteiger partial charge in [0.15, 0.2) is 5.96 Å². The molecule has 218 valence electrons. The molecule has 0 radical (unpaired) electrons. The van der Waals surface area contributed by atoms with Crippen LogP contribution in [0, 0.1) is 5.92 Å². The van der Waals surface area contributed by atoms with Crippen LogP contribution in [0.3, 0.4) is 0 Å². The van der Waals surface area contributed by atoms with Gasteiger partial charge >= 0.3 is 5.97 Å². The van der Waals surface area contributed by atoms with E-state index < -0.39 is 12.0 Å². The van der Waals surface area contributed by atoms with Gasteiger partial charge < -0.3 is 37.4 Å². The number of aromatic nitrogens is 1. The van der Waals surface area contributed by atoms with Crippen LogP contribution < -0.4 is 17.2 Å². The lowest BCUT2D eigenvalue weighted by Gasteiger charge is -2.28. The fraction of sp³-hybridized carbons (Fsp3) is 0.452. The van der Waals surface area contributed by atoms with E-state index in [-0.39, 0.29) is 24.5 Å². The van der Waals surface area contributed by atoms with Gasteiger partial charge in [-0.3, -0.25) is 0 Å². The summed E-state index contributed by atoms with van der Waals surface area (Å²) in [7, 11) is 0. The second-order valence-corrected chi connectivity index (χ2v) is 10.1. The molecular weight excluding hydrogens is 504 g/mol. The molecule has 0 amide bonds. The molecule has 9 heteroatoms. The quantitative estimate of drug-likeness (QED) is 0.0655. The number of unbranched alkanes of at least 4 members (excludes halogenated alkanes) is 1. The number of aliphatic carboxylic acids is 1. The lowest BCUT2D eigenvalue weighted by atomic mass is 9.90. The molecule has 0 aliphatic rings. The van der Waals surface area contributed by atoms with E-state index in [1.54, 1.807) is 6.20 Å².